The number of ether oxygens (including phenoxy) is 1. The number of aryl methyl sites for hydroxylation is 1. The summed E-state index contributed by atoms with van der Waals surface area (Å²) in [5.41, 5.74) is 2.67. The number of amides is 2. The molecule has 2 aromatic carbocycles. The van der Waals surface area contributed by atoms with Crippen molar-refractivity contribution in [3.8, 4) is 5.75 Å². The number of hydrogen-bond donors (Lipinski definition) is 1. The Bertz CT molecular complexity index is 767. The van der Waals surface area contributed by atoms with Crippen molar-refractivity contribution in [3.05, 3.63) is 65.2 Å². The van der Waals surface area contributed by atoms with Gasteiger partial charge in [-0.15, -0.1) is 0 Å². The van der Waals surface area contributed by atoms with Gasteiger partial charge in [0.25, 0.3) is 11.8 Å². The van der Waals surface area contributed by atoms with E-state index in [-0.39, 0.29) is 11.8 Å². The minimum Gasteiger partial charge on any atom is -0.481 e. The number of carbonyl (C=O) groups is 2. The third kappa shape index (κ3) is 5.84. The van der Waals surface area contributed by atoms with Gasteiger partial charge in [0.05, 0.1) is 0 Å². The molecule has 5 nitrogen and oxygen atoms in total. The molecule has 0 aromatic heterocycles. The van der Waals surface area contributed by atoms with Crippen LogP contribution in [0.3, 0.4) is 0 Å². The maximum absolute atomic E-state index is 12.3. The van der Waals surface area contributed by atoms with Crippen LogP contribution in [0, 0.1) is 6.92 Å². The molecule has 0 fully saturated rings. The summed E-state index contributed by atoms with van der Waals surface area (Å²) in [6.07, 6.45) is -0.588. The smallest absolute Gasteiger partial charge is 0.261 e. The molecule has 0 aliphatic rings. The second-order valence-corrected chi connectivity index (χ2v) is 6.47. The Labute approximate surface area is 161 Å². The number of carbonyl (C=O) groups excluding carboxylic acids is 2. The minimum atomic E-state index is -0.588. The first kappa shape index (κ1) is 20.5. The summed E-state index contributed by atoms with van der Waals surface area (Å²) in [7, 11) is 0. The Morgan fingerprint density at radius 3 is 2.33 bits per heavy atom. The van der Waals surface area contributed by atoms with E-state index in [0.717, 1.165) is 11.1 Å². The van der Waals surface area contributed by atoms with Gasteiger partial charge < -0.3 is 15.0 Å². The first-order valence-electron chi connectivity index (χ1n) is 9.33. The second kappa shape index (κ2) is 9.76. The van der Waals surface area contributed by atoms with Crippen molar-refractivity contribution < 1.29 is 14.3 Å². The number of nitrogens with one attached hydrogen (secondary N) is 1. The highest BCUT2D eigenvalue weighted by atomic mass is 16.5. The molecule has 1 unspecified atom stereocenters. The minimum absolute atomic E-state index is 0.0239. The summed E-state index contributed by atoms with van der Waals surface area (Å²) in [6.45, 7) is 9.39. The number of hydrogen-bond acceptors (Lipinski definition) is 3. The third-order valence-electron chi connectivity index (χ3n) is 4.39. The van der Waals surface area contributed by atoms with Gasteiger partial charge in [-0.05, 0) is 63.1 Å². The van der Waals surface area contributed by atoms with Gasteiger partial charge in [0, 0.05) is 25.2 Å². The second-order valence-electron chi connectivity index (χ2n) is 6.47. The summed E-state index contributed by atoms with van der Waals surface area (Å²) in [6, 6.07) is 14.9. The molecule has 0 aliphatic heterocycles. The summed E-state index contributed by atoms with van der Waals surface area (Å²) in [5.74, 6) is 0.521. The molecule has 0 saturated heterocycles. The van der Waals surface area contributed by atoms with Gasteiger partial charge >= 0.3 is 0 Å². The lowest BCUT2D eigenvalue weighted by atomic mass is 10.1. The van der Waals surface area contributed by atoms with Gasteiger partial charge in [0.1, 0.15) is 5.75 Å². The van der Waals surface area contributed by atoms with Crippen LogP contribution in [0.5, 0.6) is 5.75 Å². The molecule has 144 valence electrons. The van der Waals surface area contributed by atoms with Crippen molar-refractivity contribution in [2.24, 2.45) is 0 Å². The van der Waals surface area contributed by atoms with E-state index < -0.39 is 6.10 Å². The zero-order chi connectivity index (χ0) is 19.8. The van der Waals surface area contributed by atoms with Crippen LogP contribution in [0.1, 0.15) is 42.3 Å². The van der Waals surface area contributed by atoms with Crippen LogP contribution in [-0.4, -0.2) is 35.9 Å². The molecule has 0 aliphatic carbocycles. The molecular formula is C22H28N2O3. The summed E-state index contributed by atoms with van der Waals surface area (Å²) in [5, 5.41) is 2.87. The van der Waals surface area contributed by atoms with E-state index >= 15 is 0 Å². The molecule has 2 aromatic rings. The van der Waals surface area contributed by atoms with Crippen molar-refractivity contribution in [1.29, 1.82) is 0 Å². The highest BCUT2D eigenvalue weighted by Gasteiger charge is 2.15. The fraction of sp³-hybridized carbons (Fsp3) is 0.364. The normalized spacial score (nSPS) is 11.6. The lowest BCUT2D eigenvalue weighted by Crippen LogP contribution is -2.35. The van der Waals surface area contributed by atoms with Crippen molar-refractivity contribution in [2.45, 2.75) is 40.3 Å². The Hall–Kier alpha value is -2.82. The average Bonchev–Trinajstić information content (AvgIpc) is 2.67. The van der Waals surface area contributed by atoms with Crippen LogP contribution in [0.15, 0.2) is 48.5 Å². The molecular weight excluding hydrogens is 340 g/mol. The quantitative estimate of drug-likeness (QED) is 0.775. The highest BCUT2D eigenvalue weighted by molar-refractivity contribution is 5.94. The van der Waals surface area contributed by atoms with Gasteiger partial charge in [-0.2, -0.15) is 0 Å². The summed E-state index contributed by atoms with van der Waals surface area (Å²) >= 11 is 0. The van der Waals surface area contributed by atoms with Gasteiger partial charge in [-0.25, -0.2) is 0 Å². The molecule has 0 saturated carbocycles. The third-order valence-corrected chi connectivity index (χ3v) is 4.39. The van der Waals surface area contributed by atoms with Crippen LogP contribution in [-0.2, 0) is 11.3 Å². The van der Waals surface area contributed by atoms with E-state index in [4.69, 9.17) is 4.74 Å². The van der Waals surface area contributed by atoms with E-state index in [1.54, 1.807) is 24.0 Å². The molecule has 2 amide bonds. The van der Waals surface area contributed by atoms with Gasteiger partial charge in [0.2, 0.25) is 0 Å². The molecule has 1 atom stereocenters. The van der Waals surface area contributed by atoms with E-state index in [0.29, 0.717) is 30.9 Å². The largest absolute Gasteiger partial charge is 0.481 e. The summed E-state index contributed by atoms with van der Waals surface area (Å²) < 4.78 is 5.68. The van der Waals surface area contributed by atoms with Crippen molar-refractivity contribution in [1.82, 2.24) is 10.2 Å². The van der Waals surface area contributed by atoms with Crippen molar-refractivity contribution in [3.63, 3.8) is 0 Å². The Kier molecular flexibility index (Phi) is 7.41. The maximum Gasteiger partial charge on any atom is 0.261 e. The van der Waals surface area contributed by atoms with Crippen LogP contribution < -0.4 is 10.1 Å². The van der Waals surface area contributed by atoms with Crippen molar-refractivity contribution in [2.75, 3.05) is 13.1 Å². The van der Waals surface area contributed by atoms with E-state index in [9.17, 15) is 9.59 Å². The first-order valence-corrected chi connectivity index (χ1v) is 9.33. The number of nitrogens with zero attached hydrogens (tertiary/aromatic N) is 1. The molecule has 0 heterocycles. The predicted octanol–water partition coefficient (Wildman–Crippen LogP) is 3.56. The van der Waals surface area contributed by atoms with E-state index in [1.807, 2.05) is 57.2 Å². The topological polar surface area (TPSA) is 58.6 Å². The maximum atomic E-state index is 12.3. The standard InChI is InChI=1S/C22H28N2O3/c1-5-24(6-2)22(26)19-12-10-18(11-13-19)15-23-21(25)17(4)27-20-9-7-8-16(3)14-20/h7-14,17H,5-6,15H2,1-4H3,(H,23,25). The summed E-state index contributed by atoms with van der Waals surface area (Å²) in [4.78, 5) is 26.3. The molecule has 0 spiro atoms. The monoisotopic (exact) mass is 368 g/mol. The van der Waals surface area contributed by atoms with Gasteiger partial charge in [-0.3, -0.25) is 9.59 Å². The fourth-order valence-electron chi connectivity index (χ4n) is 2.74. The molecule has 0 radical (unpaired) electrons. The number of benzene rings is 2. The van der Waals surface area contributed by atoms with Crippen LogP contribution in [0.4, 0.5) is 0 Å². The van der Waals surface area contributed by atoms with Crippen LogP contribution >= 0.6 is 0 Å². The highest BCUT2D eigenvalue weighted by Crippen LogP contribution is 2.14. The molecule has 27 heavy (non-hydrogen) atoms. The first-order chi connectivity index (χ1) is 12.9. The Morgan fingerprint density at radius 1 is 1.07 bits per heavy atom. The van der Waals surface area contributed by atoms with Crippen molar-refractivity contribution >= 4 is 11.8 Å². The Morgan fingerprint density at radius 2 is 1.74 bits per heavy atom. The average molecular weight is 368 g/mol. The molecule has 5 heteroatoms. The SMILES string of the molecule is CCN(CC)C(=O)c1ccc(CNC(=O)C(C)Oc2cccc(C)c2)cc1. The van der Waals surface area contributed by atoms with Gasteiger partial charge in [-0.1, -0.05) is 24.3 Å². The zero-order valence-electron chi connectivity index (χ0n) is 16.5. The number of rotatable bonds is 8. The van der Waals surface area contributed by atoms with Crippen LogP contribution in [0.2, 0.25) is 0 Å². The van der Waals surface area contributed by atoms with E-state index in [2.05, 4.69) is 5.32 Å². The zero-order valence-corrected chi connectivity index (χ0v) is 16.5. The Balaban J connectivity index is 1.88. The molecule has 0 bridgehead atoms. The fourth-order valence-corrected chi connectivity index (χ4v) is 2.74. The lowest BCUT2D eigenvalue weighted by Gasteiger charge is -2.18. The molecule has 1 N–H and O–H groups in total. The predicted molar refractivity (Wildman–Crippen MR) is 107 cm³/mol. The van der Waals surface area contributed by atoms with Crippen LogP contribution in [0.25, 0.3) is 0 Å². The van der Waals surface area contributed by atoms with Gasteiger partial charge in [0.15, 0.2) is 6.10 Å². The lowest BCUT2D eigenvalue weighted by molar-refractivity contribution is -0.127. The molecule has 2 rings (SSSR count). The van der Waals surface area contributed by atoms with E-state index in [1.165, 1.54) is 0 Å².